The van der Waals surface area contributed by atoms with Gasteiger partial charge in [-0.2, -0.15) is 5.10 Å². The van der Waals surface area contributed by atoms with Crippen molar-refractivity contribution in [3.05, 3.63) is 36.3 Å². The number of benzene rings is 1. The van der Waals surface area contributed by atoms with Crippen molar-refractivity contribution in [1.29, 1.82) is 0 Å². The summed E-state index contributed by atoms with van der Waals surface area (Å²) in [5.74, 6) is 2.33. The molecule has 1 aromatic carbocycles. The molecule has 3 heterocycles. The lowest BCUT2D eigenvalue weighted by atomic mass is 10.1. The van der Waals surface area contributed by atoms with Crippen molar-refractivity contribution in [3.63, 3.8) is 0 Å². The summed E-state index contributed by atoms with van der Waals surface area (Å²) in [6.45, 7) is 3.98. The van der Waals surface area contributed by atoms with Crippen molar-refractivity contribution >= 4 is 22.5 Å². The van der Waals surface area contributed by atoms with Crippen molar-refractivity contribution in [3.8, 4) is 5.75 Å². The molecule has 0 spiro atoms. The molecular weight excluding hydrogens is 304 g/mol. The van der Waals surface area contributed by atoms with E-state index in [4.69, 9.17) is 4.74 Å². The minimum Gasteiger partial charge on any atom is -0.490 e. The number of fused-ring (bicyclic) bond motifs is 1. The number of nitrogens with zero attached hydrogens (tertiary/aromatic N) is 3. The van der Waals surface area contributed by atoms with E-state index in [1.165, 1.54) is 0 Å². The second-order valence-corrected chi connectivity index (χ2v) is 6.03. The zero-order chi connectivity index (χ0) is 16.4. The summed E-state index contributed by atoms with van der Waals surface area (Å²) in [6, 6.07) is 7.88. The first-order chi connectivity index (χ1) is 11.8. The normalized spacial score (nSPS) is 15.5. The van der Waals surface area contributed by atoms with E-state index in [0.717, 1.165) is 59.9 Å². The highest BCUT2D eigenvalue weighted by Gasteiger charge is 2.15. The molecular formula is C17H20N6O. The Morgan fingerprint density at radius 3 is 2.83 bits per heavy atom. The fourth-order valence-electron chi connectivity index (χ4n) is 2.92. The number of hydrogen-bond acceptors (Lipinski definition) is 6. The van der Waals surface area contributed by atoms with Gasteiger partial charge < -0.3 is 15.4 Å². The molecule has 0 radical (unpaired) electrons. The number of ether oxygens (including phenoxy) is 1. The number of piperidine rings is 1. The fraction of sp³-hybridized carbons (Fsp3) is 0.353. The minimum atomic E-state index is 0.273. The number of nitrogens with one attached hydrogen (secondary N) is 3. The first kappa shape index (κ1) is 14.9. The summed E-state index contributed by atoms with van der Waals surface area (Å²) < 4.78 is 6.09. The molecule has 0 aliphatic carbocycles. The number of aromatic amines is 1. The van der Waals surface area contributed by atoms with E-state index in [9.17, 15) is 0 Å². The molecule has 0 amide bonds. The Hall–Kier alpha value is -2.67. The van der Waals surface area contributed by atoms with E-state index >= 15 is 0 Å². The number of hydrogen-bond donors (Lipinski definition) is 3. The van der Waals surface area contributed by atoms with Crippen molar-refractivity contribution in [1.82, 2.24) is 25.5 Å². The van der Waals surface area contributed by atoms with Gasteiger partial charge in [-0.1, -0.05) is 0 Å². The quantitative estimate of drug-likeness (QED) is 0.683. The first-order valence-corrected chi connectivity index (χ1v) is 8.19. The largest absolute Gasteiger partial charge is 0.490 e. The molecule has 2 aromatic heterocycles. The Bertz CT molecular complexity index is 840. The predicted molar refractivity (Wildman–Crippen MR) is 92.7 cm³/mol. The lowest BCUT2D eigenvalue weighted by Gasteiger charge is -2.23. The molecule has 124 valence electrons. The maximum atomic E-state index is 6.09. The maximum absolute atomic E-state index is 6.09. The molecule has 1 fully saturated rings. The van der Waals surface area contributed by atoms with Crippen LogP contribution in [-0.2, 0) is 0 Å². The molecule has 1 saturated heterocycles. The van der Waals surface area contributed by atoms with Crippen LogP contribution in [0.4, 0.5) is 11.6 Å². The van der Waals surface area contributed by atoms with E-state index < -0.39 is 0 Å². The molecule has 3 aromatic rings. The molecule has 4 rings (SSSR count). The summed E-state index contributed by atoms with van der Waals surface area (Å²) in [6.07, 6.45) is 3.90. The Morgan fingerprint density at radius 1 is 1.17 bits per heavy atom. The zero-order valence-electron chi connectivity index (χ0n) is 13.5. The summed E-state index contributed by atoms with van der Waals surface area (Å²) in [5.41, 5.74) is 1.85. The van der Waals surface area contributed by atoms with Crippen LogP contribution in [0.2, 0.25) is 0 Å². The van der Waals surface area contributed by atoms with Crippen LogP contribution >= 0.6 is 0 Å². The van der Waals surface area contributed by atoms with Gasteiger partial charge in [0.05, 0.1) is 5.52 Å². The van der Waals surface area contributed by atoms with Crippen LogP contribution in [0.3, 0.4) is 0 Å². The number of H-pyrrole nitrogens is 1. The number of rotatable bonds is 4. The third-order valence-corrected chi connectivity index (χ3v) is 4.15. The molecule has 24 heavy (non-hydrogen) atoms. The van der Waals surface area contributed by atoms with Crippen LogP contribution in [0.1, 0.15) is 18.5 Å². The molecule has 7 nitrogen and oxygen atoms in total. The lowest BCUT2D eigenvalue weighted by Crippen LogP contribution is -2.34. The fourth-order valence-corrected chi connectivity index (χ4v) is 2.92. The molecule has 7 heteroatoms. The van der Waals surface area contributed by atoms with E-state index in [1.54, 1.807) is 6.33 Å². The zero-order valence-corrected chi connectivity index (χ0v) is 13.5. The van der Waals surface area contributed by atoms with Gasteiger partial charge in [0, 0.05) is 23.2 Å². The SMILES string of the molecule is Cc1cc(Nc2ncnc3cc(OC4CCNCC4)ccc23)n[nH]1. The molecule has 1 aliphatic rings. The molecule has 0 unspecified atom stereocenters. The first-order valence-electron chi connectivity index (χ1n) is 8.19. The highest BCUT2D eigenvalue weighted by molar-refractivity contribution is 5.91. The average molecular weight is 324 g/mol. The molecule has 0 saturated carbocycles. The van der Waals surface area contributed by atoms with Crippen LogP contribution in [0.25, 0.3) is 10.9 Å². The predicted octanol–water partition coefficient (Wildman–Crippen LogP) is 2.54. The summed E-state index contributed by atoms with van der Waals surface area (Å²) in [5, 5.41) is 14.6. The Kier molecular flexibility index (Phi) is 4.00. The van der Waals surface area contributed by atoms with Crippen molar-refractivity contribution in [2.24, 2.45) is 0 Å². The van der Waals surface area contributed by atoms with Gasteiger partial charge in [-0.25, -0.2) is 9.97 Å². The van der Waals surface area contributed by atoms with Gasteiger partial charge in [-0.3, -0.25) is 5.10 Å². The maximum Gasteiger partial charge on any atom is 0.153 e. The summed E-state index contributed by atoms with van der Waals surface area (Å²) in [4.78, 5) is 8.70. The van der Waals surface area contributed by atoms with Crippen molar-refractivity contribution < 1.29 is 4.74 Å². The monoisotopic (exact) mass is 324 g/mol. The van der Waals surface area contributed by atoms with Crippen LogP contribution in [0, 0.1) is 6.92 Å². The molecule has 3 N–H and O–H groups in total. The van der Waals surface area contributed by atoms with Crippen LogP contribution < -0.4 is 15.4 Å². The van der Waals surface area contributed by atoms with E-state index in [0.29, 0.717) is 0 Å². The summed E-state index contributed by atoms with van der Waals surface area (Å²) in [7, 11) is 0. The van der Waals surface area contributed by atoms with Crippen LogP contribution in [0.5, 0.6) is 5.75 Å². The van der Waals surface area contributed by atoms with E-state index in [-0.39, 0.29) is 6.10 Å². The summed E-state index contributed by atoms with van der Waals surface area (Å²) >= 11 is 0. The van der Waals surface area contributed by atoms with Gasteiger partial charge in [0.1, 0.15) is 24.0 Å². The minimum absolute atomic E-state index is 0.273. The van der Waals surface area contributed by atoms with Gasteiger partial charge in [0.15, 0.2) is 5.82 Å². The van der Waals surface area contributed by atoms with Gasteiger partial charge in [-0.05, 0) is 45.0 Å². The Labute approximate surface area is 139 Å². The van der Waals surface area contributed by atoms with Crippen LogP contribution in [0.15, 0.2) is 30.6 Å². The van der Waals surface area contributed by atoms with E-state index in [2.05, 4.69) is 30.8 Å². The highest BCUT2D eigenvalue weighted by Crippen LogP contribution is 2.27. The third kappa shape index (κ3) is 3.16. The third-order valence-electron chi connectivity index (χ3n) is 4.15. The standard InChI is InChI=1S/C17H20N6O/c1-11-8-16(23-22-11)21-17-14-3-2-13(9-15(14)19-10-20-17)24-12-4-6-18-7-5-12/h2-3,8-10,12,18H,4-7H2,1H3,(H2,19,20,21,22,23). The van der Waals surface area contributed by atoms with Crippen molar-refractivity contribution in [2.45, 2.75) is 25.9 Å². The molecule has 0 bridgehead atoms. The second-order valence-electron chi connectivity index (χ2n) is 6.03. The van der Waals surface area contributed by atoms with Crippen molar-refractivity contribution in [2.75, 3.05) is 18.4 Å². The smallest absolute Gasteiger partial charge is 0.153 e. The lowest BCUT2D eigenvalue weighted by molar-refractivity contribution is 0.162. The second kappa shape index (κ2) is 6.45. The Balaban J connectivity index is 1.58. The number of aryl methyl sites for hydroxylation is 1. The van der Waals surface area contributed by atoms with Gasteiger partial charge in [0.2, 0.25) is 0 Å². The Morgan fingerprint density at radius 2 is 2.04 bits per heavy atom. The van der Waals surface area contributed by atoms with Crippen LogP contribution in [-0.4, -0.2) is 39.4 Å². The highest BCUT2D eigenvalue weighted by atomic mass is 16.5. The topological polar surface area (TPSA) is 87.8 Å². The van der Waals surface area contributed by atoms with Gasteiger partial charge in [0.25, 0.3) is 0 Å². The molecule has 0 atom stereocenters. The number of anilines is 2. The average Bonchev–Trinajstić information content (AvgIpc) is 3.01. The van der Waals surface area contributed by atoms with Gasteiger partial charge in [-0.15, -0.1) is 0 Å². The van der Waals surface area contributed by atoms with Gasteiger partial charge >= 0.3 is 0 Å². The van der Waals surface area contributed by atoms with E-state index in [1.807, 2.05) is 31.2 Å². The molecule has 1 aliphatic heterocycles. The number of aromatic nitrogens is 4.